The van der Waals surface area contributed by atoms with Gasteiger partial charge in [-0.1, -0.05) is 12.8 Å². The average molecular weight is 211 g/mol. The van der Waals surface area contributed by atoms with Crippen LogP contribution in [0.2, 0.25) is 0 Å². The minimum absolute atomic E-state index is 0.812. The quantitative estimate of drug-likeness (QED) is 0.602. The van der Waals surface area contributed by atoms with Crippen molar-refractivity contribution in [2.24, 2.45) is 0 Å². The number of rotatable bonds is 7. The van der Waals surface area contributed by atoms with Crippen molar-refractivity contribution in [3.8, 4) is 0 Å². The molecule has 0 saturated heterocycles. The molecule has 0 aromatic rings. The SMILES string of the molecule is COCCCCCCOBr. The third-order valence-electron chi connectivity index (χ3n) is 1.32. The second-order valence-electron chi connectivity index (χ2n) is 2.22. The van der Waals surface area contributed by atoms with E-state index in [2.05, 4.69) is 16.3 Å². The molecule has 0 aliphatic carbocycles. The molecule has 2 nitrogen and oxygen atoms in total. The van der Waals surface area contributed by atoms with Crippen molar-refractivity contribution < 1.29 is 8.57 Å². The summed E-state index contributed by atoms with van der Waals surface area (Å²) < 4.78 is 9.64. The zero-order valence-electron chi connectivity index (χ0n) is 6.44. The molecule has 0 aliphatic rings. The average Bonchev–Trinajstić information content (AvgIpc) is 1.97. The predicted octanol–water partition coefficient (Wildman–Crippen LogP) is 2.52. The minimum atomic E-state index is 0.812. The Morgan fingerprint density at radius 3 is 2.10 bits per heavy atom. The lowest BCUT2D eigenvalue weighted by atomic mass is 10.2. The van der Waals surface area contributed by atoms with Gasteiger partial charge in [-0.2, -0.15) is 0 Å². The molecule has 0 N–H and O–H groups in total. The van der Waals surface area contributed by atoms with Crippen LogP contribution in [0.15, 0.2) is 0 Å². The van der Waals surface area contributed by atoms with Crippen molar-refractivity contribution in [2.45, 2.75) is 25.7 Å². The highest BCUT2D eigenvalue weighted by Crippen LogP contribution is 2.00. The van der Waals surface area contributed by atoms with Crippen LogP contribution in [0.5, 0.6) is 0 Å². The molecule has 0 rings (SSSR count). The van der Waals surface area contributed by atoms with E-state index in [0.29, 0.717) is 0 Å². The molecule has 0 fully saturated rings. The number of unbranched alkanes of at least 4 members (excludes halogenated alkanes) is 3. The zero-order chi connectivity index (χ0) is 7.66. The second kappa shape index (κ2) is 9.40. The molecular weight excluding hydrogens is 196 g/mol. The van der Waals surface area contributed by atoms with Gasteiger partial charge < -0.3 is 8.57 Å². The van der Waals surface area contributed by atoms with Gasteiger partial charge in [-0.05, 0) is 12.8 Å². The summed E-state index contributed by atoms with van der Waals surface area (Å²) in [4.78, 5) is 0. The van der Waals surface area contributed by atoms with E-state index < -0.39 is 0 Å². The molecule has 0 unspecified atom stereocenters. The molecule has 3 heteroatoms. The highest BCUT2D eigenvalue weighted by Gasteiger charge is 1.88. The second-order valence-corrected chi connectivity index (χ2v) is 2.68. The lowest BCUT2D eigenvalue weighted by molar-refractivity contribution is 0.191. The van der Waals surface area contributed by atoms with E-state index in [9.17, 15) is 0 Å². The van der Waals surface area contributed by atoms with Gasteiger partial charge in [0.15, 0.2) is 0 Å². The smallest absolute Gasteiger partial charge is 0.0987 e. The molecule has 0 bridgehead atoms. The number of methoxy groups -OCH3 is 1. The van der Waals surface area contributed by atoms with Gasteiger partial charge in [-0.15, -0.1) is 0 Å². The lowest BCUT2D eigenvalue weighted by Gasteiger charge is -1.98. The minimum Gasteiger partial charge on any atom is -0.385 e. The van der Waals surface area contributed by atoms with E-state index in [4.69, 9.17) is 8.57 Å². The molecule has 0 aromatic carbocycles. The Kier molecular flexibility index (Phi) is 9.78. The maximum atomic E-state index is 4.91. The summed E-state index contributed by atoms with van der Waals surface area (Å²) in [6.45, 7) is 1.70. The first-order chi connectivity index (χ1) is 4.91. The van der Waals surface area contributed by atoms with Crippen LogP contribution >= 0.6 is 16.3 Å². The summed E-state index contributed by atoms with van der Waals surface area (Å²) in [7, 11) is 1.74. The molecule has 62 valence electrons. The van der Waals surface area contributed by atoms with E-state index in [1.54, 1.807) is 7.11 Å². The highest BCUT2D eigenvalue weighted by atomic mass is 79.9. The Hall–Kier alpha value is 0.400. The van der Waals surface area contributed by atoms with Gasteiger partial charge in [0.1, 0.15) is 0 Å². The van der Waals surface area contributed by atoms with Crippen molar-refractivity contribution in [3.63, 3.8) is 0 Å². The number of halogens is 1. The van der Waals surface area contributed by atoms with Gasteiger partial charge >= 0.3 is 0 Å². The highest BCUT2D eigenvalue weighted by molar-refractivity contribution is 9.06. The largest absolute Gasteiger partial charge is 0.385 e. The van der Waals surface area contributed by atoms with Crippen LogP contribution in [0.4, 0.5) is 0 Å². The molecular formula is C7H15BrO2. The van der Waals surface area contributed by atoms with Gasteiger partial charge in [-0.3, -0.25) is 0 Å². The first kappa shape index (κ1) is 10.4. The Bertz CT molecular complexity index is 51.6. The number of hydrogen-bond acceptors (Lipinski definition) is 2. The van der Waals surface area contributed by atoms with Crippen LogP contribution in [0, 0.1) is 0 Å². The van der Waals surface area contributed by atoms with E-state index in [-0.39, 0.29) is 0 Å². The molecule has 10 heavy (non-hydrogen) atoms. The van der Waals surface area contributed by atoms with Crippen molar-refractivity contribution in [1.29, 1.82) is 0 Å². The first-order valence-electron chi connectivity index (χ1n) is 3.64. The van der Waals surface area contributed by atoms with Crippen molar-refractivity contribution >= 4 is 16.3 Å². The fourth-order valence-corrected chi connectivity index (χ4v) is 0.985. The van der Waals surface area contributed by atoms with Gasteiger partial charge in [0.25, 0.3) is 0 Å². The van der Waals surface area contributed by atoms with Gasteiger partial charge in [0, 0.05) is 13.7 Å². The summed E-state index contributed by atoms with van der Waals surface area (Å²) in [5, 5.41) is 0. The monoisotopic (exact) mass is 210 g/mol. The molecule has 0 aliphatic heterocycles. The molecule has 0 amide bonds. The molecule has 0 radical (unpaired) electrons. The Balaban J connectivity index is 2.65. The van der Waals surface area contributed by atoms with E-state index in [1.807, 2.05) is 0 Å². The summed E-state index contributed by atoms with van der Waals surface area (Å²) in [6.07, 6.45) is 4.77. The number of hydrogen-bond donors (Lipinski definition) is 0. The fourth-order valence-electron chi connectivity index (χ4n) is 0.757. The normalized spacial score (nSPS) is 10.2. The van der Waals surface area contributed by atoms with Crippen molar-refractivity contribution in [1.82, 2.24) is 0 Å². The number of ether oxygens (including phenoxy) is 1. The Morgan fingerprint density at radius 2 is 1.60 bits per heavy atom. The maximum absolute atomic E-state index is 4.91. The first-order valence-corrected chi connectivity index (χ1v) is 4.29. The molecule has 0 saturated carbocycles. The third kappa shape index (κ3) is 8.40. The zero-order valence-corrected chi connectivity index (χ0v) is 8.02. The van der Waals surface area contributed by atoms with Gasteiger partial charge in [-0.25, -0.2) is 0 Å². The summed E-state index contributed by atoms with van der Waals surface area (Å²) >= 11 is 2.91. The van der Waals surface area contributed by atoms with E-state index >= 15 is 0 Å². The molecule has 0 spiro atoms. The Labute approximate surface area is 71.3 Å². The van der Waals surface area contributed by atoms with Crippen molar-refractivity contribution in [2.75, 3.05) is 20.3 Å². The van der Waals surface area contributed by atoms with Gasteiger partial charge in [0.05, 0.1) is 22.9 Å². The van der Waals surface area contributed by atoms with Crippen LogP contribution in [0.1, 0.15) is 25.7 Å². The lowest BCUT2D eigenvalue weighted by Crippen LogP contribution is -1.89. The van der Waals surface area contributed by atoms with Gasteiger partial charge in [0.2, 0.25) is 0 Å². The third-order valence-corrected chi connectivity index (χ3v) is 1.64. The van der Waals surface area contributed by atoms with E-state index in [0.717, 1.165) is 19.6 Å². The maximum Gasteiger partial charge on any atom is 0.0987 e. The van der Waals surface area contributed by atoms with Crippen LogP contribution in [-0.4, -0.2) is 20.3 Å². The summed E-state index contributed by atoms with van der Waals surface area (Å²) in [6, 6.07) is 0. The molecule has 0 aromatic heterocycles. The van der Waals surface area contributed by atoms with Crippen molar-refractivity contribution in [3.05, 3.63) is 0 Å². The van der Waals surface area contributed by atoms with E-state index in [1.165, 1.54) is 19.3 Å². The van der Waals surface area contributed by atoms with Crippen LogP contribution in [0.25, 0.3) is 0 Å². The van der Waals surface area contributed by atoms with Crippen LogP contribution in [0.3, 0.4) is 0 Å². The summed E-state index contributed by atoms with van der Waals surface area (Å²) in [5.74, 6) is 0. The Morgan fingerprint density at radius 1 is 1.00 bits per heavy atom. The standard InChI is InChI=1S/C7H15BrO2/c1-9-6-4-2-3-5-7-10-8/h2-7H2,1H3. The van der Waals surface area contributed by atoms with Crippen LogP contribution < -0.4 is 0 Å². The fraction of sp³-hybridized carbons (Fsp3) is 1.00. The van der Waals surface area contributed by atoms with Crippen LogP contribution in [-0.2, 0) is 8.57 Å². The predicted molar refractivity (Wildman–Crippen MR) is 45.2 cm³/mol. The topological polar surface area (TPSA) is 18.5 Å². The molecule has 0 atom stereocenters. The molecule has 0 heterocycles. The summed E-state index contributed by atoms with van der Waals surface area (Å²) in [5.41, 5.74) is 0.